The fraction of sp³-hybridized carbons (Fsp3) is 0.400. The van der Waals surface area contributed by atoms with Crippen LogP contribution >= 0.6 is 15.9 Å². The molecule has 20 heavy (non-hydrogen) atoms. The van der Waals surface area contributed by atoms with Crippen molar-refractivity contribution in [3.05, 3.63) is 28.9 Å². The maximum absolute atomic E-state index is 9.69. The van der Waals surface area contributed by atoms with Gasteiger partial charge in [0.1, 0.15) is 0 Å². The number of nitrogens with one attached hydrogen (secondary N) is 1. The molecule has 0 aliphatic heterocycles. The van der Waals surface area contributed by atoms with Crippen LogP contribution in [0.5, 0.6) is 0 Å². The summed E-state index contributed by atoms with van der Waals surface area (Å²) in [6.07, 6.45) is 3.43. The first-order valence-electron chi connectivity index (χ1n) is 6.78. The van der Waals surface area contributed by atoms with Gasteiger partial charge < -0.3 is 16.2 Å². The fourth-order valence-electron chi connectivity index (χ4n) is 2.29. The van der Waals surface area contributed by atoms with Crippen molar-refractivity contribution >= 4 is 38.2 Å². The van der Waals surface area contributed by atoms with Crippen LogP contribution in [0.25, 0.3) is 10.9 Å². The van der Waals surface area contributed by atoms with Crippen molar-refractivity contribution in [2.24, 2.45) is 0 Å². The van der Waals surface area contributed by atoms with Crippen LogP contribution in [0, 0.1) is 0 Å². The molecule has 0 spiro atoms. The number of aliphatic hydroxyl groups excluding tert-OH is 1. The molecule has 2 rings (SSSR count). The van der Waals surface area contributed by atoms with Crippen LogP contribution < -0.4 is 11.1 Å². The Hall–Kier alpha value is -1.33. The zero-order valence-corrected chi connectivity index (χ0v) is 13.4. The van der Waals surface area contributed by atoms with E-state index in [1.807, 2.05) is 18.2 Å². The maximum Gasteiger partial charge on any atom is 0.0954 e. The van der Waals surface area contributed by atoms with Crippen molar-refractivity contribution in [2.75, 3.05) is 17.7 Å². The van der Waals surface area contributed by atoms with E-state index in [0.29, 0.717) is 5.69 Å². The molecule has 1 aromatic heterocycles. The fourth-order valence-corrected chi connectivity index (χ4v) is 2.62. The summed E-state index contributed by atoms with van der Waals surface area (Å²) in [7, 11) is 0. The summed E-state index contributed by atoms with van der Waals surface area (Å²) in [6.45, 7) is 4.22. The SMILES string of the molecule is CCC(CC)(CO)Nc1ccc(N)c2cc(Br)cnc12. The van der Waals surface area contributed by atoms with Crippen LogP contribution in [0.4, 0.5) is 11.4 Å². The van der Waals surface area contributed by atoms with Gasteiger partial charge in [0.25, 0.3) is 0 Å². The van der Waals surface area contributed by atoms with Crippen molar-refractivity contribution in [3.8, 4) is 0 Å². The smallest absolute Gasteiger partial charge is 0.0954 e. The monoisotopic (exact) mass is 337 g/mol. The first-order valence-corrected chi connectivity index (χ1v) is 7.57. The van der Waals surface area contributed by atoms with Gasteiger partial charge in [-0.05, 0) is 47.0 Å². The molecule has 0 amide bonds. The van der Waals surface area contributed by atoms with Gasteiger partial charge in [-0.1, -0.05) is 13.8 Å². The first-order chi connectivity index (χ1) is 9.55. The summed E-state index contributed by atoms with van der Waals surface area (Å²) >= 11 is 3.42. The zero-order chi connectivity index (χ0) is 14.8. The van der Waals surface area contributed by atoms with E-state index in [4.69, 9.17) is 5.73 Å². The lowest BCUT2D eigenvalue weighted by atomic mass is 9.93. The number of nitrogens with two attached hydrogens (primary N) is 1. The quantitative estimate of drug-likeness (QED) is 0.729. The largest absolute Gasteiger partial charge is 0.398 e. The van der Waals surface area contributed by atoms with Gasteiger partial charge in [0.05, 0.1) is 23.3 Å². The Bertz CT molecular complexity index is 603. The molecule has 2 aromatic rings. The van der Waals surface area contributed by atoms with Gasteiger partial charge in [0.2, 0.25) is 0 Å². The summed E-state index contributed by atoms with van der Waals surface area (Å²) in [5.74, 6) is 0. The first kappa shape index (κ1) is 15.1. The number of rotatable bonds is 5. The van der Waals surface area contributed by atoms with Gasteiger partial charge >= 0.3 is 0 Å². The number of halogens is 1. The second-order valence-corrected chi connectivity index (χ2v) is 5.94. The Balaban J connectivity index is 2.53. The standard InChI is InChI=1S/C15H20BrN3O/c1-3-15(4-2,9-20)19-13-6-5-12(17)11-7-10(16)8-18-14(11)13/h5-8,19-20H,3-4,9,17H2,1-2H3. The summed E-state index contributed by atoms with van der Waals surface area (Å²) in [5.41, 5.74) is 8.12. The molecule has 0 saturated carbocycles. The average Bonchev–Trinajstić information content (AvgIpc) is 2.48. The molecule has 0 atom stereocenters. The summed E-state index contributed by atoms with van der Waals surface area (Å²) < 4.78 is 0.897. The molecule has 0 fully saturated rings. The molecule has 1 heterocycles. The van der Waals surface area contributed by atoms with E-state index in [-0.39, 0.29) is 12.1 Å². The minimum absolute atomic E-state index is 0.0857. The number of aliphatic hydroxyl groups is 1. The Kier molecular flexibility index (Phi) is 4.50. The van der Waals surface area contributed by atoms with Gasteiger partial charge in [-0.25, -0.2) is 0 Å². The van der Waals surface area contributed by atoms with Crippen molar-refractivity contribution in [3.63, 3.8) is 0 Å². The molecule has 5 heteroatoms. The number of anilines is 2. The Labute approximate surface area is 127 Å². The Morgan fingerprint density at radius 3 is 2.65 bits per heavy atom. The van der Waals surface area contributed by atoms with Gasteiger partial charge in [-0.15, -0.1) is 0 Å². The highest BCUT2D eigenvalue weighted by Crippen LogP contribution is 2.31. The third-order valence-corrected chi connectivity index (χ3v) is 4.34. The number of hydrogen-bond acceptors (Lipinski definition) is 4. The highest BCUT2D eigenvalue weighted by molar-refractivity contribution is 9.10. The molecule has 0 saturated heterocycles. The molecule has 0 bridgehead atoms. The van der Waals surface area contributed by atoms with Gasteiger partial charge in [-0.2, -0.15) is 0 Å². The lowest BCUT2D eigenvalue weighted by molar-refractivity contribution is 0.202. The lowest BCUT2D eigenvalue weighted by Gasteiger charge is -2.32. The van der Waals surface area contributed by atoms with Crippen molar-refractivity contribution in [1.29, 1.82) is 0 Å². The van der Waals surface area contributed by atoms with Gasteiger partial charge in [0, 0.05) is 21.7 Å². The van der Waals surface area contributed by atoms with E-state index >= 15 is 0 Å². The van der Waals surface area contributed by atoms with Crippen molar-refractivity contribution in [1.82, 2.24) is 4.98 Å². The van der Waals surface area contributed by atoms with Crippen LogP contribution in [-0.2, 0) is 0 Å². The van der Waals surface area contributed by atoms with E-state index in [1.165, 1.54) is 0 Å². The molecule has 0 aliphatic rings. The minimum Gasteiger partial charge on any atom is -0.398 e. The maximum atomic E-state index is 9.69. The topological polar surface area (TPSA) is 71.2 Å². The second-order valence-electron chi connectivity index (χ2n) is 5.02. The average molecular weight is 338 g/mol. The highest BCUT2D eigenvalue weighted by atomic mass is 79.9. The molecule has 4 nitrogen and oxygen atoms in total. The van der Waals surface area contributed by atoms with E-state index < -0.39 is 0 Å². The summed E-state index contributed by atoms with van der Waals surface area (Å²) in [4.78, 5) is 4.46. The number of benzene rings is 1. The molecular formula is C15H20BrN3O. The predicted molar refractivity (Wildman–Crippen MR) is 87.9 cm³/mol. The number of fused-ring (bicyclic) bond motifs is 1. The number of hydrogen-bond donors (Lipinski definition) is 3. The molecule has 0 radical (unpaired) electrons. The van der Waals surface area contributed by atoms with E-state index in [1.54, 1.807) is 6.20 Å². The van der Waals surface area contributed by atoms with E-state index in [9.17, 15) is 5.11 Å². The molecule has 0 unspecified atom stereocenters. The zero-order valence-electron chi connectivity index (χ0n) is 11.8. The summed E-state index contributed by atoms with van der Waals surface area (Å²) in [5, 5.41) is 14.0. The number of nitrogen functional groups attached to an aromatic ring is 1. The normalized spacial score (nSPS) is 11.8. The molecule has 108 valence electrons. The lowest BCUT2D eigenvalue weighted by Crippen LogP contribution is -2.40. The number of pyridine rings is 1. The van der Waals surface area contributed by atoms with E-state index in [0.717, 1.165) is 33.9 Å². The van der Waals surface area contributed by atoms with Gasteiger partial charge in [0.15, 0.2) is 0 Å². The Morgan fingerprint density at radius 2 is 2.05 bits per heavy atom. The van der Waals surface area contributed by atoms with E-state index in [2.05, 4.69) is 40.1 Å². The highest BCUT2D eigenvalue weighted by Gasteiger charge is 2.25. The molecular weight excluding hydrogens is 318 g/mol. The molecule has 1 aromatic carbocycles. The Morgan fingerprint density at radius 1 is 1.35 bits per heavy atom. The van der Waals surface area contributed by atoms with Crippen LogP contribution in [0.2, 0.25) is 0 Å². The van der Waals surface area contributed by atoms with Crippen LogP contribution in [-0.4, -0.2) is 22.2 Å². The summed E-state index contributed by atoms with van der Waals surface area (Å²) in [6, 6.07) is 5.75. The third-order valence-electron chi connectivity index (χ3n) is 3.91. The predicted octanol–water partition coefficient (Wildman–Crippen LogP) is 3.54. The van der Waals surface area contributed by atoms with Crippen molar-refractivity contribution < 1.29 is 5.11 Å². The third kappa shape index (κ3) is 2.74. The second kappa shape index (κ2) is 5.97. The van der Waals surface area contributed by atoms with Gasteiger partial charge in [-0.3, -0.25) is 4.98 Å². The molecule has 0 aliphatic carbocycles. The minimum atomic E-state index is -0.322. The number of aromatic nitrogens is 1. The van der Waals surface area contributed by atoms with Crippen molar-refractivity contribution in [2.45, 2.75) is 32.2 Å². The molecule has 4 N–H and O–H groups in total. The number of nitrogens with zero attached hydrogens (tertiary/aromatic N) is 1. The van der Waals surface area contributed by atoms with Crippen LogP contribution in [0.15, 0.2) is 28.9 Å². The van der Waals surface area contributed by atoms with Crippen LogP contribution in [0.1, 0.15) is 26.7 Å². The van der Waals surface area contributed by atoms with Crippen LogP contribution in [0.3, 0.4) is 0 Å².